The number of halogens is 1. The van der Waals surface area contributed by atoms with Crippen molar-refractivity contribution in [3.05, 3.63) is 65.5 Å². The van der Waals surface area contributed by atoms with Crippen molar-refractivity contribution in [3.63, 3.8) is 0 Å². The van der Waals surface area contributed by atoms with Gasteiger partial charge in [-0.25, -0.2) is 17.1 Å². The summed E-state index contributed by atoms with van der Waals surface area (Å²) >= 11 is 0. The molecule has 3 heterocycles. The minimum atomic E-state index is -3.84. The van der Waals surface area contributed by atoms with E-state index in [-0.39, 0.29) is 82.2 Å². The van der Waals surface area contributed by atoms with Crippen molar-refractivity contribution < 1.29 is 51.3 Å². The van der Waals surface area contributed by atoms with E-state index in [1.165, 1.54) is 28.6 Å². The largest absolute Gasteiger partial charge is 0.484 e. The van der Waals surface area contributed by atoms with Gasteiger partial charge in [0.05, 0.1) is 24.4 Å². The Morgan fingerprint density at radius 3 is 2.38 bits per heavy atom. The number of hydrogen-bond acceptors (Lipinski definition) is 10. The lowest BCUT2D eigenvalue weighted by Gasteiger charge is -2.34. The van der Waals surface area contributed by atoms with Crippen molar-refractivity contribution in [2.45, 2.75) is 37.9 Å². The van der Waals surface area contributed by atoms with E-state index < -0.39 is 21.3 Å². The maximum Gasteiger partial charge on any atom is 0.290 e. The Balaban J connectivity index is 0.00000243. The Morgan fingerprint density at radius 2 is 1.70 bits per heavy atom. The van der Waals surface area contributed by atoms with Gasteiger partial charge in [-0.1, -0.05) is 24.3 Å². The monoisotopic (exact) mass is 765 g/mol. The molecule has 5 rings (SSSR count). The van der Waals surface area contributed by atoms with Gasteiger partial charge in [0, 0.05) is 72.5 Å². The number of carbonyl (C=O) groups is 4. The van der Waals surface area contributed by atoms with Crippen molar-refractivity contribution in [2.75, 3.05) is 85.9 Å². The van der Waals surface area contributed by atoms with E-state index in [1.54, 1.807) is 19.2 Å². The smallest absolute Gasteiger partial charge is 0.290 e. The van der Waals surface area contributed by atoms with Crippen LogP contribution in [0.4, 0.5) is 4.39 Å². The van der Waals surface area contributed by atoms with Crippen LogP contribution in [-0.2, 0) is 50.8 Å². The van der Waals surface area contributed by atoms with Crippen LogP contribution in [0.1, 0.15) is 36.8 Å². The highest BCUT2D eigenvalue weighted by Crippen LogP contribution is 2.29. The second kappa shape index (κ2) is 22.8. The van der Waals surface area contributed by atoms with E-state index >= 15 is 0 Å². The summed E-state index contributed by atoms with van der Waals surface area (Å²) in [6.07, 6.45) is 1.23. The molecule has 0 aromatic heterocycles. The molecule has 1 atom stereocenters. The maximum atomic E-state index is 14.0. The van der Waals surface area contributed by atoms with Crippen LogP contribution in [0.5, 0.6) is 5.75 Å². The SMILES string of the molecule is COCCC1(C(=O)NCCN2CCOCC2)CNC(=O)CCCN(S(=O)(=O)Cc2ccc(F)cc2)CCCNC(=O)COc2ccc(cc2)C1.O=CO. The fourth-order valence-electron chi connectivity index (χ4n) is 5.97. The third-order valence-corrected chi connectivity index (χ3v) is 10.8. The molecule has 0 saturated carbocycles. The van der Waals surface area contributed by atoms with Crippen LogP contribution in [0.2, 0.25) is 0 Å². The summed E-state index contributed by atoms with van der Waals surface area (Å²) in [6, 6.07) is 12.4. The molecule has 0 radical (unpaired) electrons. The number of sulfonamides is 1. The average Bonchev–Trinajstić information content (AvgIpc) is 3.14. The van der Waals surface area contributed by atoms with E-state index in [0.29, 0.717) is 56.9 Å². The molecular formula is C36H52FN5O10S. The normalized spacial score (nSPS) is 20.1. The molecule has 2 aromatic carbocycles. The Hall–Kier alpha value is -4.16. The number of fused-ring (bicyclic) bond motifs is 17. The van der Waals surface area contributed by atoms with Crippen LogP contribution in [0.25, 0.3) is 0 Å². The lowest BCUT2D eigenvalue weighted by Crippen LogP contribution is -2.52. The standard InChI is InChI=1S/C35H50FN5O8S.CH2O2/c1-47-21-13-35(34(44)38-15-18-40-19-22-48-23-20-40)24-28-7-11-31(12-8-28)49-25-33(43)37-14-3-17-41(16-2-4-32(42)39-27-35)50(45,46)26-29-5-9-30(36)10-6-29;2-1-3/h5-12H,2-4,13-27H2,1H3,(H,37,43)(H,38,44)(H,39,42);1H,(H,2,3). The second-order valence-electron chi connectivity index (χ2n) is 12.8. The molecule has 2 bridgehead atoms. The maximum absolute atomic E-state index is 14.0. The zero-order valence-corrected chi connectivity index (χ0v) is 31.0. The third kappa shape index (κ3) is 15.4. The molecule has 2 aromatic rings. The summed E-state index contributed by atoms with van der Waals surface area (Å²) in [7, 11) is -2.28. The predicted octanol–water partition coefficient (Wildman–Crippen LogP) is 1.17. The molecule has 0 aliphatic carbocycles. The molecule has 3 amide bonds. The Kier molecular flexibility index (Phi) is 18.6. The first-order chi connectivity index (χ1) is 25.5. The molecular weight excluding hydrogens is 713 g/mol. The molecule has 1 unspecified atom stereocenters. The summed E-state index contributed by atoms with van der Waals surface area (Å²) in [5, 5.41) is 15.7. The molecule has 294 valence electrons. The lowest BCUT2D eigenvalue weighted by atomic mass is 9.77. The summed E-state index contributed by atoms with van der Waals surface area (Å²) in [6.45, 7) is 4.25. The number of methoxy groups -OCH3 is 1. The number of ether oxygens (including phenoxy) is 3. The van der Waals surface area contributed by atoms with Gasteiger partial charge in [0.15, 0.2) is 6.61 Å². The number of nitrogens with zero attached hydrogens (tertiary/aromatic N) is 2. The van der Waals surface area contributed by atoms with E-state index in [4.69, 9.17) is 24.1 Å². The molecule has 17 heteroatoms. The van der Waals surface area contributed by atoms with Gasteiger partial charge in [-0.15, -0.1) is 0 Å². The van der Waals surface area contributed by atoms with Gasteiger partial charge >= 0.3 is 0 Å². The van der Waals surface area contributed by atoms with Crippen molar-refractivity contribution in [2.24, 2.45) is 5.41 Å². The predicted molar refractivity (Wildman–Crippen MR) is 194 cm³/mol. The Bertz CT molecular complexity index is 1540. The van der Waals surface area contributed by atoms with E-state index in [9.17, 15) is 27.2 Å². The van der Waals surface area contributed by atoms with E-state index in [0.717, 1.165) is 18.7 Å². The summed E-state index contributed by atoms with van der Waals surface area (Å²) in [5.41, 5.74) is 0.223. The summed E-state index contributed by atoms with van der Waals surface area (Å²) < 4.78 is 58.1. The number of rotatable bonds is 10. The highest BCUT2D eigenvalue weighted by molar-refractivity contribution is 7.88. The zero-order valence-electron chi connectivity index (χ0n) is 30.2. The van der Waals surface area contributed by atoms with Gasteiger partial charge in [0.25, 0.3) is 12.4 Å². The third-order valence-electron chi connectivity index (χ3n) is 8.92. The number of hydrogen-bond donors (Lipinski definition) is 4. The first-order valence-electron chi connectivity index (χ1n) is 17.6. The summed E-state index contributed by atoms with van der Waals surface area (Å²) in [5.74, 6) is -1.20. The minimum Gasteiger partial charge on any atom is -0.484 e. The van der Waals surface area contributed by atoms with Crippen LogP contribution in [0, 0.1) is 11.2 Å². The quantitative estimate of drug-likeness (QED) is 0.254. The number of nitrogens with one attached hydrogen (secondary N) is 3. The van der Waals surface area contributed by atoms with Gasteiger partial charge in [-0.05, 0) is 61.1 Å². The first-order valence-corrected chi connectivity index (χ1v) is 19.2. The van der Waals surface area contributed by atoms with Crippen molar-refractivity contribution in [1.29, 1.82) is 0 Å². The van der Waals surface area contributed by atoms with Gasteiger partial charge in [-0.2, -0.15) is 0 Å². The van der Waals surface area contributed by atoms with Crippen molar-refractivity contribution in [1.82, 2.24) is 25.2 Å². The highest BCUT2D eigenvalue weighted by atomic mass is 32.2. The van der Waals surface area contributed by atoms with Crippen LogP contribution in [-0.4, -0.2) is 133 Å². The van der Waals surface area contributed by atoms with Crippen LogP contribution >= 0.6 is 0 Å². The second-order valence-corrected chi connectivity index (χ2v) is 14.8. The molecule has 15 nitrogen and oxygen atoms in total. The molecule has 4 N–H and O–H groups in total. The van der Waals surface area contributed by atoms with E-state index in [1.807, 2.05) is 12.1 Å². The van der Waals surface area contributed by atoms with Gasteiger partial charge in [0.1, 0.15) is 11.6 Å². The number of benzene rings is 2. The number of carbonyl (C=O) groups excluding carboxylic acids is 3. The fraction of sp³-hybridized carbons (Fsp3) is 0.556. The fourth-order valence-corrected chi connectivity index (χ4v) is 7.58. The first kappa shape index (κ1) is 43.2. The molecule has 3 aliphatic heterocycles. The van der Waals surface area contributed by atoms with Gasteiger partial charge in [0.2, 0.25) is 21.8 Å². The van der Waals surface area contributed by atoms with Crippen LogP contribution in [0.15, 0.2) is 48.5 Å². The number of amides is 3. The lowest BCUT2D eigenvalue weighted by molar-refractivity contribution is -0.133. The zero-order chi connectivity index (χ0) is 38.5. The average molecular weight is 766 g/mol. The molecule has 0 spiro atoms. The van der Waals surface area contributed by atoms with Gasteiger partial charge < -0.3 is 35.3 Å². The molecule has 3 aliphatic rings. The van der Waals surface area contributed by atoms with Crippen molar-refractivity contribution in [3.8, 4) is 5.75 Å². The summed E-state index contributed by atoms with van der Waals surface area (Å²) in [4.78, 5) is 50.3. The molecule has 53 heavy (non-hydrogen) atoms. The Morgan fingerprint density at radius 1 is 1.02 bits per heavy atom. The van der Waals surface area contributed by atoms with Crippen LogP contribution in [0.3, 0.4) is 0 Å². The topological polar surface area (TPSA) is 193 Å². The van der Waals surface area contributed by atoms with E-state index in [2.05, 4.69) is 20.9 Å². The van der Waals surface area contributed by atoms with Gasteiger partial charge in [-0.3, -0.25) is 24.1 Å². The minimum absolute atomic E-state index is 0.0321. The highest BCUT2D eigenvalue weighted by Gasteiger charge is 2.39. The Labute approximate surface area is 310 Å². The number of carboxylic acid groups (broad SMARTS) is 1. The molecule has 1 saturated heterocycles. The number of morpholine rings is 1. The van der Waals surface area contributed by atoms with Crippen molar-refractivity contribution >= 4 is 34.2 Å². The van der Waals surface area contributed by atoms with Crippen LogP contribution < -0.4 is 20.7 Å². The molecule has 1 fully saturated rings.